The molecule has 20 heavy (non-hydrogen) atoms. The Balaban J connectivity index is 3.70. The molecular weight excluding hydrogens is 264 g/mol. The Labute approximate surface area is 120 Å². The molecule has 0 heterocycles. The Morgan fingerprint density at radius 3 is 2.05 bits per heavy atom. The van der Waals surface area contributed by atoms with Crippen molar-refractivity contribution in [2.75, 3.05) is 13.2 Å². The van der Waals surface area contributed by atoms with E-state index in [1.165, 1.54) is 13.8 Å². The summed E-state index contributed by atoms with van der Waals surface area (Å²) in [6, 6.07) is 0. The summed E-state index contributed by atoms with van der Waals surface area (Å²) in [5, 5.41) is 17.9. The van der Waals surface area contributed by atoms with Crippen molar-refractivity contribution in [2.45, 2.75) is 58.7 Å². The number of aliphatic hydroxyl groups is 2. The van der Waals surface area contributed by atoms with Crippen LogP contribution in [0.1, 0.15) is 46.5 Å². The minimum atomic E-state index is -1.09. The van der Waals surface area contributed by atoms with Gasteiger partial charge < -0.3 is 19.7 Å². The van der Waals surface area contributed by atoms with E-state index in [1.807, 2.05) is 6.92 Å². The lowest BCUT2D eigenvalue weighted by molar-refractivity contribution is -0.154. The van der Waals surface area contributed by atoms with Gasteiger partial charge in [-0.15, -0.1) is 0 Å². The first kappa shape index (κ1) is 18.9. The quantitative estimate of drug-likeness (QED) is 0.461. The van der Waals surface area contributed by atoms with Crippen molar-refractivity contribution in [2.24, 2.45) is 5.92 Å². The largest absolute Gasteiger partial charge is 0.464 e. The van der Waals surface area contributed by atoms with Gasteiger partial charge in [-0.1, -0.05) is 13.3 Å². The summed E-state index contributed by atoms with van der Waals surface area (Å²) in [7, 11) is 0. The highest BCUT2D eigenvalue weighted by atomic mass is 16.5. The van der Waals surface area contributed by atoms with E-state index in [0.717, 1.165) is 19.3 Å². The second-order valence-corrected chi connectivity index (χ2v) is 4.92. The molecule has 0 aliphatic carbocycles. The van der Waals surface area contributed by atoms with Gasteiger partial charge in [-0.25, -0.2) is 9.59 Å². The van der Waals surface area contributed by atoms with Crippen molar-refractivity contribution >= 4 is 11.9 Å². The third-order valence-electron chi connectivity index (χ3n) is 2.97. The zero-order valence-electron chi connectivity index (χ0n) is 12.5. The van der Waals surface area contributed by atoms with Gasteiger partial charge in [0.25, 0.3) is 0 Å². The molecule has 0 bridgehead atoms. The number of carbonyl (C=O) groups excluding carboxylic acids is 2. The molecule has 0 fully saturated rings. The molecule has 6 nitrogen and oxygen atoms in total. The predicted molar refractivity (Wildman–Crippen MR) is 72.9 cm³/mol. The van der Waals surface area contributed by atoms with Crippen molar-refractivity contribution in [3.63, 3.8) is 0 Å². The van der Waals surface area contributed by atoms with E-state index in [4.69, 9.17) is 19.7 Å². The lowest BCUT2D eigenvalue weighted by Gasteiger charge is -2.15. The van der Waals surface area contributed by atoms with Gasteiger partial charge in [-0.2, -0.15) is 0 Å². The minimum absolute atomic E-state index is 0.241. The number of esters is 2. The first-order valence-corrected chi connectivity index (χ1v) is 7.07. The van der Waals surface area contributed by atoms with Gasteiger partial charge in [0.15, 0.2) is 0 Å². The maximum atomic E-state index is 11.1. The maximum absolute atomic E-state index is 11.1. The molecule has 0 aromatic carbocycles. The fraction of sp³-hybridized carbons (Fsp3) is 0.857. The van der Waals surface area contributed by atoms with Crippen LogP contribution in [0.4, 0.5) is 0 Å². The Morgan fingerprint density at radius 2 is 1.55 bits per heavy atom. The van der Waals surface area contributed by atoms with Crippen LogP contribution >= 0.6 is 0 Å². The van der Waals surface area contributed by atoms with Crippen molar-refractivity contribution in [1.82, 2.24) is 0 Å². The molecule has 0 saturated heterocycles. The first-order valence-electron chi connectivity index (χ1n) is 7.07. The number of carbonyl (C=O) groups is 2. The molecule has 0 aliphatic heterocycles. The summed E-state index contributed by atoms with van der Waals surface area (Å²) in [6.45, 7) is 5.33. The van der Waals surface area contributed by atoms with Crippen molar-refractivity contribution in [3.8, 4) is 0 Å². The summed E-state index contributed by atoms with van der Waals surface area (Å²) in [4.78, 5) is 22.1. The van der Waals surface area contributed by atoms with Gasteiger partial charge in [0.2, 0.25) is 0 Å². The van der Waals surface area contributed by atoms with E-state index in [2.05, 4.69) is 0 Å². The highest BCUT2D eigenvalue weighted by molar-refractivity contribution is 5.74. The SMILES string of the molecule is CCC(CCCCOC(=O)C(C)O)COC(=O)C(C)O. The lowest BCUT2D eigenvalue weighted by atomic mass is 10.0. The number of ether oxygens (including phenoxy) is 2. The maximum Gasteiger partial charge on any atom is 0.334 e. The third-order valence-corrected chi connectivity index (χ3v) is 2.97. The van der Waals surface area contributed by atoms with E-state index in [-0.39, 0.29) is 12.5 Å². The van der Waals surface area contributed by atoms with Crippen LogP contribution in [0.2, 0.25) is 0 Å². The molecule has 3 atom stereocenters. The highest BCUT2D eigenvalue weighted by Crippen LogP contribution is 2.13. The molecule has 0 aromatic heterocycles. The topological polar surface area (TPSA) is 93.1 Å². The molecule has 3 unspecified atom stereocenters. The Kier molecular flexibility index (Phi) is 10.0. The number of hydrogen-bond acceptors (Lipinski definition) is 6. The molecule has 0 rings (SSSR count). The predicted octanol–water partition coefficient (Wildman–Crippen LogP) is 1.03. The molecule has 6 heteroatoms. The van der Waals surface area contributed by atoms with Crippen LogP contribution < -0.4 is 0 Å². The van der Waals surface area contributed by atoms with Crippen LogP contribution in [0.5, 0.6) is 0 Å². The molecule has 2 N–H and O–H groups in total. The van der Waals surface area contributed by atoms with Crippen molar-refractivity contribution < 1.29 is 29.3 Å². The van der Waals surface area contributed by atoms with E-state index in [1.54, 1.807) is 0 Å². The summed E-state index contributed by atoms with van der Waals surface area (Å²) in [5.74, 6) is -0.970. The van der Waals surface area contributed by atoms with Crippen LogP contribution in [0.25, 0.3) is 0 Å². The van der Waals surface area contributed by atoms with E-state index >= 15 is 0 Å². The number of hydrogen-bond donors (Lipinski definition) is 2. The zero-order valence-corrected chi connectivity index (χ0v) is 12.5. The number of aliphatic hydroxyl groups excluding tert-OH is 2. The number of rotatable bonds is 10. The van der Waals surface area contributed by atoms with Crippen LogP contribution in [0.3, 0.4) is 0 Å². The smallest absolute Gasteiger partial charge is 0.334 e. The second-order valence-electron chi connectivity index (χ2n) is 4.92. The van der Waals surface area contributed by atoms with Gasteiger partial charge in [0, 0.05) is 0 Å². The molecular formula is C14H26O6. The average Bonchev–Trinajstić information content (AvgIpc) is 2.40. The summed E-state index contributed by atoms with van der Waals surface area (Å²) >= 11 is 0. The van der Waals surface area contributed by atoms with Crippen LogP contribution in [0, 0.1) is 5.92 Å². The molecule has 0 radical (unpaired) electrons. The third kappa shape index (κ3) is 8.87. The van der Waals surface area contributed by atoms with Gasteiger partial charge in [0.1, 0.15) is 12.2 Å². The molecule has 0 aromatic rings. The molecule has 0 saturated carbocycles. The zero-order chi connectivity index (χ0) is 15.5. The normalized spacial score (nSPS) is 15.2. The Bertz CT molecular complexity index is 287. The highest BCUT2D eigenvalue weighted by Gasteiger charge is 2.14. The van der Waals surface area contributed by atoms with E-state index < -0.39 is 24.1 Å². The molecule has 0 spiro atoms. The van der Waals surface area contributed by atoms with Crippen LogP contribution in [0.15, 0.2) is 0 Å². The van der Waals surface area contributed by atoms with E-state index in [0.29, 0.717) is 13.0 Å². The monoisotopic (exact) mass is 290 g/mol. The van der Waals surface area contributed by atoms with Crippen LogP contribution in [-0.4, -0.2) is 47.6 Å². The molecule has 0 amide bonds. The molecule has 0 aliphatic rings. The fourth-order valence-corrected chi connectivity index (χ4v) is 1.55. The standard InChI is InChI=1S/C14H26O6/c1-4-12(9-20-14(18)11(3)16)7-5-6-8-19-13(17)10(2)15/h10-12,15-16H,4-9H2,1-3H3. The second kappa shape index (κ2) is 10.6. The first-order chi connectivity index (χ1) is 9.38. The van der Waals surface area contributed by atoms with Gasteiger partial charge in [-0.05, 0) is 39.0 Å². The Hall–Kier alpha value is -1.14. The lowest BCUT2D eigenvalue weighted by Crippen LogP contribution is -2.22. The van der Waals surface area contributed by atoms with E-state index in [9.17, 15) is 9.59 Å². The van der Waals surface area contributed by atoms with Crippen molar-refractivity contribution in [1.29, 1.82) is 0 Å². The minimum Gasteiger partial charge on any atom is -0.464 e. The summed E-state index contributed by atoms with van der Waals surface area (Å²) < 4.78 is 9.82. The average molecular weight is 290 g/mol. The van der Waals surface area contributed by atoms with Crippen LogP contribution in [-0.2, 0) is 19.1 Å². The summed E-state index contributed by atoms with van der Waals surface area (Å²) in [5.41, 5.74) is 0. The van der Waals surface area contributed by atoms with Crippen molar-refractivity contribution in [3.05, 3.63) is 0 Å². The van der Waals surface area contributed by atoms with Gasteiger partial charge >= 0.3 is 11.9 Å². The molecule has 118 valence electrons. The summed E-state index contributed by atoms with van der Waals surface area (Å²) in [6.07, 6.45) is 1.11. The Morgan fingerprint density at radius 1 is 1.00 bits per heavy atom. The van der Waals surface area contributed by atoms with Gasteiger partial charge in [0.05, 0.1) is 13.2 Å². The van der Waals surface area contributed by atoms with Gasteiger partial charge in [-0.3, -0.25) is 0 Å². The number of unbranched alkanes of at least 4 members (excludes halogenated alkanes) is 1. The fourth-order valence-electron chi connectivity index (χ4n) is 1.55.